The fourth-order valence-electron chi connectivity index (χ4n) is 3.02. The number of carboxylic acids is 2. The summed E-state index contributed by atoms with van der Waals surface area (Å²) >= 11 is 0. The maximum Gasteiger partial charge on any atom is 0.318 e. The van der Waals surface area contributed by atoms with Gasteiger partial charge in [-0.15, -0.1) is 0 Å². The Labute approximate surface area is 131 Å². The smallest absolute Gasteiger partial charge is 0.318 e. The van der Waals surface area contributed by atoms with Crippen molar-refractivity contribution in [3.05, 3.63) is 35.1 Å². The Morgan fingerprint density at radius 1 is 1.09 bits per heavy atom. The largest absolute Gasteiger partial charge is 0.481 e. The zero-order chi connectivity index (χ0) is 16.6. The molecule has 2 N–H and O–H groups in total. The molecular formula is C17H16O6. The molecule has 0 unspecified atom stereocenters. The van der Waals surface area contributed by atoms with E-state index in [1.54, 1.807) is 18.2 Å². The molecular weight excluding hydrogens is 300 g/mol. The van der Waals surface area contributed by atoms with Gasteiger partial charge in [-0.2, -0.15) is 0 Å². The molecule has 0 spiro atoms. The first-order valence-corrected chi connectivity index (χ1v) is 7.50. The van der Waals surface area contributed by atoms with Crippen LogP contribution in [-0.2, 0) is 22.4 Å². The Morgan fingerprint density at radius 2 is 1.78 bits per heavy atom. The van der Waals surface area contributed by atoms with Gasteiger partial charge in [0.15, 0.2) is 11.7 Å². The number of ketones is 1. The number of hydrogen-bond acceptors (Lipinski definition) is 4. The van der Waals surface area contributed by atoms with Gasteiger partial charge >= 0.3 is 11.9 Å². The number of benzene rings is 1. The number of furan rings is 1. The van der Waals surface area contributed by atoms with Crippen LogP contribution in [0.1, 0.15) is 40.9 Å². The molecule has 0 saturated heterocycles. The van der Waals surface area contributed by atoms with Gasteiger partial charge in [0.05, 0.1) is 0 Å². The zero-order valence-corrected chi connectivity index (χ0v) is 12.4. The lowest BCUT2D eigenvalue weighted by molar-refractivity contribution is -0.154. The topological polar surface area (TPSA) is 105 Å². The molecule has 6 heteroatoms. The lowest BCUT2D eigenvalue weighted by atomic mass is 9.94. The number of carbonyl (C=O) groups is 3. The van der Waals surface area contributed by atoms with Crippen molar-refractivity contribution >= 4 is 28.7 Å². The summed E-state index contributed by atoms with van der Waals surface area (Å²) in [5.41, 5.74) is 2.06. The molecule has 0 radical (unpaired) electrons. The monoisotopic (exact) mass is 316 g/mol. The van der Waals surface area contributed by atoms with Gasteiger partial charge in [0.2, 0.25) is 0 Å². The van der Waals surface area contributed by atoms with Crippen LogP contribution in [0.2, 0.25) is 0 Å². The number of carboxylic acid groups (broad SMARTS) is 2. The summed E-state index contributed by atoms with van der Waals surface area (Å²) in [4.78, 5) is 34.0. The van der Waals surface area contributed by atoms with Crippen LogP contribution in [0.3, 0.4) is 0 Å². The molecule has 1 aromatic heterocycles. The second-order valence-corrected chi connectivity index (χ2v) is 5.78. The van der Waals surface area contributed by atoms with Crippen molar-refractivity contribution in [1.82, 2.24) is 0 Å². The molecule has 23 heavy (non-hydrogen) atoms. The maximum atomic E-state index is 12.2. The van der Waals surface area contributed by atoms with Gasteiger partial charge in [0.1, 0.15) is 11.3 Å². The van der Waals surface area contributed by atoms with Crippen LogP contribution in [0.15, 0.2) is 22.6 Å². The van der Waals surface area contributed by atoms with E-state index in [0.717, 1.165) is 36.8 Å². The summed E-state index contributed by atoms with van der Waals surface area (Å²) in [6.07, 6.45) is 3.46. The van der Waals surface area contributed by atoms with Gasteiger partial charge < -0.3 is 14.6 Å². The Morgan fingerprint density at radius 3 is 2.48 bits per heavy atom. The summed E-state index contributed by atoms with van der Waals surface area (Å²) in [5.74, 6) is -4.33. The van der Waals surface area contributed by atoms with Crippen LogP contribution in [0.4, 0.5) is 0 Å². The van der Waals surface area contributed by atoms with Gasteiger partial charge in [0.25, 0.3) is 0 Å². The molecule has 2 aromatic rings. The second kappa shape index (κ2) is 5.87. The van der Waals surface area contributed by atoms with E-state index in [1.807, 2.05) is 0 Å². The fraction of sp³-hybridized carbons (Fsp3) is 0.353. The Balaban J connectivity index is 1.89. The lowest BCUT2D eigenvalue weighted by Gasteiger charge is -2.08. The quantitative estimate of drug-likeness (QED) is 0.649. The number of aryl methyl sites for hydroxylation is 2. The van der Waals surface area contributed by atoms with E-state index < -0.39 is 30.1 Å². The molecule has 0 amide bonds. The third-order valence-electron chi connectivity index (χ3n) is 4.26. The third-order valence-corrected chi connectivity index (χ3v) is 4.26. The van der Waals surface area contributed by atoms with Gasteiger partial charge in [-0.05, 0) is 25.3 Å². The van der Waals surface area contributed by atoms with Crippen molar-refractivity contribution in [2.75, 3.05) is 0 Å². The van der Waals surface area contributed by atoms with Gasteiger partial charge in [0, 0.05) is 29.4 Å². The van der Waals surface area contributed by atoms with Gasteiger partial charge in [-0.3, -0.25) is 14.4 Å². The van der Waals surface area contributed by atoms with Crippen molar-refractivity contribution < 1.29 is 29.0 Å². The molecule has 120 valence electrons. The first-order chi connectivity index (χ1) is 11.0. The molecule has 0 fully saturated rings. The minimum atomic E-state index is -1.73. The normalized spacial score (nSPS) is 14.0. The summed E-state index contributed by atoms with van der Waals surface area (Å²) in [5, 5.41) is 18.7. The number of carbonyl (C=O) groups excluding carboxylic acids is 1. The standard InChI is InChI=1S/C17H16O6/c18-13(8-12(16(19)20)17(21)22)9-5-6-11-10-3-1-2-4-14(10)23-15(11)7-9/h5-7,12H,1-4,8H2,(H,19,20)(H,21,22). The van der Waals surface area contributed by atoms with Crippen LogP contribution in [0, 0.1) is 5.92 Å². The predicted molar refractivity (Wildman–Crippen MR) is 80.6 cm³/mol. The molecule has 6 nitrogen and oxygen atoms in total. The van der Waals surface area contributed by atoms with Crippen molar-refractivity contribution in [1.29, 1.82) is 0 Å². The second-order valence-electron chi connectivity index (χ2n) is 5.78. The summed E-state index contributed by atoms with van der Waals surface area (Å²) in [6, 6.07) is 4.99. The number of fused-ring (bicyclic) bond motifs is 3. The average molecular weight is 316 g/mol. The van der Waals surface area contributed by atoms with Crippen molar-refractivity contribution in [2.45, 2.75) is 32.1 Å². The minimum absolute atomic E-state index is 0.274. The van der Waals surface area contributed by atoms with Crippen LogP contribution in [-0.4, -0.2) is 27.9 Å². The minimum Gasteiger partial charge on any atom is -0.481 e. The highest BCUT2D eigenvalue weighted by molar-refractivity contribution is 6.05. The average Bonchev–Trinajstić information content (AvgIpc) is 2.89. The molecule has 1 heterocycles. The van der Waals surface area contributed by atoms with Gasteiger partial charge in [-0.1, -0.05) is 12.1 Å². The van der Waals surface area contributed by atoms with E-state index >= 15 is 0 Å². The van der Waals surface area contributed by atoms with E-state index in [4.69, 9.17) is 14.6 Å². The number of rotatable bonds is 5. The van der Waals surface area contributed by atoms with Crippen molar-refractivity contribution in [3.63, 3.8) is 0 Å². The third kappa shape index (κ3) is 2.84. The highest BCUT2D eigenvalue weighted by Gasteiger charge is 2.29. The first kappa shape index (κ1) is 15.3. The molecule has 0 atom stereocenters. The molecule has 3 rings (SSSR count). The zero-order valence-electron chi connectivity index (χ0n) is 12.4. The molecule has 1 aliphatic rings. The molecule has 0 bridgehead atoms. The Kier molecular flexibility index (Phi) is 3.90. The number of aliphatic carboxylic acids is 2. The fourth-order valence-corrected chi connectivity index (χ4v) is 3.02. The molecule has 0 aliphatic heterocycles. The van der Waals surface area contributed by atoms with Gasteiger partial charge in [-0.25, -0.2) is 0 Å². The summed E-state index contributed by atoms with van der Waals surface area (Å²) < 4.78 is 5.80. The first-order valence-electron chi connectivity index (χ1n) is 7.50. The molecule has 1 aliphatic carbocycles. The van der Waals surface area contributed by atoms with Crippen LogP contribution >= 0.6 is 0 Å². The predicted octanol–water partition coefficient (Wildman–Crippen LogP) is 2.67. The highest BCUT2D eigenvalue weighted by Crippen LogP contribution is 2.32. The summed E-state index contributed by atoms with van der Waals surface area (Å²) in [7, 11) is 0. The highest BCUT2D eigenvalue weighted by atomic mass is 16.4. The van der Waals surface area contributed by atoms with E-state index in [0.29, 0.717) is 5.58 Å². The molecule has 1 aromatic carbocycles. The number of hydrogen-bond donors (Lipinski definition) is 2. The van der Waals surface area contributed by atoms with Crippen LogP contribution in [0.25, 0.3) is 11.0 Å². The Bertz CT molecular complexity index is 787. The van der Waals surface area contributed by atoms with Crippen molar-refractivity contribution in [2.24, 2.45) is 5.92 Å². The molecule has 0 saturated carbocycles. The van der Waals surface area contributed by atoms with E-state index in [1.165, 1.54) is 5.56 Å². The number of Topliss-reactive ketones (excluding diaryl/α,β-unsaturated/α-hetero) is 1. The van der Waals surface area contributed by atoms with Crippen LogP contribution in [0.5, 0.6) is 0 Å². The van der Waals surface area contributed by atoms with E-state index in [2.05, 4.69) is 0 Å². The van der Waals surface area contributed by atoms with Crippen LogP contribution < -0.4 is 0 Å². The SMILES string of the molecule is O=C(CC(C(=O)O)C(=O)O)c1ccc2c3c(oc2c1)CCCC3. The van der Waals surface area contributed by atoms with E-state index in [9.17, 15) is 14.4 Å². The van der Waals surface area contributed by atoms with Crippen molar-refractivity contribution in [3.8, 4) is 0 Å². The summed E-state index contributed by atoms with van der Waals surface area (Å²) in [6.45, 7) is 0. The maximum absolute atomic E-state index is 12.2. The van der Waals surface area contributed by atoms with E-state index in [-0.39, 0.29) is 5.56 Å². The Hall–Kier alpha value is -2.63. The lowest BCUT2D eigenvalue weighted by Crippen LogP contribution is -2.26.